The number of para-hydroxylation sites is 1. The van der Waals surface area contributed by atoms with Gasteiger partial charge in [0.25, 0.3) is 0 Å². The average Bonchev–Trinajstić information content (AvgIpc) is 2.65. The molecule has 0 unspecified atom stereocenters. The van der Waals surface area contributed by atoms with Crippen molar-refractivity contribution >= 4 is 31.4 Å². The minimum absolute atomic E-state index is 0.165. The predicted octanol–water partition coefficient (Wildman–Crippen LogP) is 1.43. The summed E-state index contributed by atoms with van der Waals surface area (Å²) in [5, 5.41) is 4.07. The smallest absolute Gasteiger partial charge is 0.148 e. The maximum atomic E-state index is 10.9. The fraction of sp³-hybridized carbons (Fsp3) is 0.364. The molecule has 1 aromatic carbocycles. The summed E-state index contributed by atoms with van der Waals surface area (Å²) in [6.45, 7) is 1.09. The van der Waals surface area contributed by atoms with Gasteiger partial charge >= 0.3 is 0 Å². The van der Waals surface area contributed by atoms with Crippen LogP contribution in [-0.2, 0) is 16.4 Å². The first kappa shape index (κ1) is 12.5. The summed E-state index contributed by atoms with van der Waals surface area (Å²) in [6.07, 6.45) is 1.24. The van der Waals surface area contributed by atoms with E-state index in [9.17, 15) is 8.42 Å². The van der Waals surface area contributed by atoms with Gasteiger partial charge in [0, 0.05) is 19.3 Å². The molecule has 17 heavy (non-hydrogen) atoms. The Bertz CT molecular complexity index is 572. The molecule has 0 amide bonds. The first-order valence-electron chi connectivity index (χ1n) is 5.27. The van der Waals surface area contributed by atoms with Crippen LogP contribution in [0.3, 0.4) is 0 Å². The van der Waals surface area contributed by atoms with Crippen LogP contribution in [-0.4, -0.2) is 32.0 Å². The normalized spacial score (nSPS) is 12.1. The first-order chi connectivity index (χ1) is 8.04. The summed E-state index contributed by atoms with van der Waals surface area (Å²) in [5.74, 6) is 0.165. The average molecular weight is 270 g/mol. The van der Waals surface area contributed by atoms with E-state index in [-0.39, 0.29) is 5.75 Å². The van der Waals surface area contributed by atoms with Crippen LogP contribution >= 0.6 is 11.3 Å². The molecule has 0 spiro atoms. The van der Waals surface area contributed by atoms with Gasteiger partial charge in [0.2, 0.25) is 0 Å². The maximum Gasteiger partial charge on any atom is 0.148 e. The summed E-state index contributed by atoms with van der Waals surface area (Å²) >= 11 is 1.63. The van der Waals surface area contributed by atoms with Gasteiger partial charge in [-0.2, -0.15) is 0 Å². The van der Waals surface area contributed by atoms with Gasteiger partial charge in [0.1, 0.15) is 14.8 Å². The molecule has 92 valence electrons. The molecule has 0 fully saturated rings. The second-order valence-corrected chi connectivity index (χ2v) is 7.26. The molecule has 2 rings (SSSR count). The molecular formula is C11H14N2O2S2. The Balaban J connectivity index is 1.91. The third-order valence-corrected chi connectivity index (χ3v) is 4.25. The summed E-state index contributed by atoms with van der Waals surface area (Å²) in [7, 11) is -2.88. The van der Waals surface area contributed by atoms with Crippen molar-refractivity contribution < 1.29 is 8.42 Å². The van der Waals surface area contributed by atoms with E-state index in [1.54, 1.807) is 11.3 Å². The van der Waals surface area contributed by atoms with Crippen LogP contribution in [0.2, 0.25) is 0 Å². The van der Waals surface area contributed by atoms with Crippen molar-refractivity contribution in [2.24, 2.45) is 0 Å². The fourth-order valence-corrected chi connectivity index (χ4v) is 2.90. The van der Waals surface area contributed by atoms with Gasteiger partial charge in [-0.05, 0) is 12.1 Å². The SMILES string of the molecule is CS(=O)(=O)CCNCc1nc2ccccc2s1. The Kier molecular flexibility index (Phi) is 3.76. The Morgan fingerprint density at radius 1 is 1.35 bits per heavy atom. The van der Waals surface area contributed by atoms with Gasteiger partial charge in [0.15, 0.2) is 0 Å². The van der Waals surface area contributed by atoms with E-state index in [2.05, 4.69) is 10.3 Å². The van der Waals surface area contributed by atoms with Crippen molar-refractivity contribution in [2.75, 3.05) is 18.6 Å². The van der Waals surface area contributed by atoms with Crippen LogP contribution in [0, 0.1) is 0 Å². The van der Waals surface area contributed by atoms with Crippen molar-refractivity contribution in [2.45, 2.75) is 6.54 Å². The van der Waals surface area contributed by atoms with Crippen LogP contribution in [0.25, 0.3) is 10.2 Å². The third kappa shape index (κ3) is 3.76. The molecular weight excluding hydrogens is 256 g/mol. The summed E-state index contributed by atoms with van der Waals surface area (Å²) in [4.78, 5) is 4.45. The molecule has 1 N–H and O–H groups in total. The highest BCUT2D eigenvalue weighted by Crippen LogP contribution is 2.21. The third-order valence-electron chi connectivity index (χ3n) is 2.26. The monoisotopic (exact) mass is 270 g/mol. The lowest BCUT2D eigenvalue weighted by molar-refractivity contribution is 0.596. The van der Waals surface area contributed by atoms with Crippen LogP contribution in [0.4, 0.5) is 0 Å². The van der Waals surface area contributed by atoms with Gasteiger partial charge in [-0.15, -0.1) is 11.3 Å². The maximum absolute atomic E-state index is 10.9. The van der Waals surface area contributed by atoms with Gasteiger partial charge in [-0.25, -0.2) is 13.4 Å². The van der Waals surface area contributed by atoms with E-state index in [1.807, 2.05) is 24.3 Å². The molecule has 6 heteroatoms. The van der Waals surface area contributed by atoms with E-state index in [0.29, 0.717) is 13.1 Å². The first-order valence-corrected chi connectivity index (χ1v) is 8.15. The number of sulfone groups is 1. The molecule has 4 nitrogen and oxygen atoms in total. The standard InChI is InChI=1S/C11H14N2O2S2/c1-17(14,15)7-6-12-8-11-13-9-4-2-3-5-10(9)16-11/h2-5,12H,6-8H2,1H3. The number of hydrogen-bond acceptors (Lipinski definition) is 5. The zero-order valence-corrected chi connectivity index (χ0v) is 11.1. The number of benzene rings is 1. The van der Waals surface area contributed by atoms with Crippen molar-refractivity contribution in [1.82, 2.24) is 10.3 Å². The van der Waals surface area contributed by atoms with Gasteiger partial charge in [-0.1, -0.05) is 12.1 Å². The zero-order chi connectivity index (χ0) is 12.3. The molecule has 0 aliphatic rings. The Hall–Kier alpha value is -0.980. The van der Waals surface area contributed by atoms with Crippen molar-refractivity contribution in [3.8, 4) is 0 Å². The Morgan fingerprint density at radius 2 is 2.12 bits per heavy atom. The molecule has 2 aromatic rings. The molecule has 0 aliphatic carbocycles. The summed E-state index contributed by atoms with van der Waals surface area (Å²) < 4.78 is 23.0. The van der Waals surface area contributed by atoms with E-state index in [0.717, 1.165) is 15.2 Å². The lowest BCUT2D eigenvalue weighted by Gasteiger charge is -2.00. The minimum atomic E-state index is -2.88. The number of fused-ring (bicyclic) bond motifs is 1. The van der Waals surface area contributed by atoms with E-state index in [1.165, 1.54) is 6.26 Å². The second-order valence-electron chi connectivity index (χ2n) is 3.88. The molecule has 0 radical (unpaired) electrons. The van der Waals surface area contributed by atoms with Gasteiger partial charge < -0.3 is 5.32 Å². The highest BCUT2D eigenvalue weighted by atomic mass is 32.2. The molecule has 0 bridgehead atoms. The second kappa shape index (κ2) is 5.12. The van der Waals surface area contributed by atoms with Crippen molar-refractivity contribution in [3.05, 3.63) is 29.3 Å². The number of rotatable bonds is 5. The Labute approximate surface area is 105 Å². The predicted molar refractivity (Wildman–Crippen MR) is 71.0 cm³/mol. The summed E-state index contributed by atoms with van der Waals surface area (Å²) in [5.41, 5.74) is 0.998. The fourth-order valence-electron chi connectivity index (χ4n) is 1.45. The molecule has 1 heterocycles. The zero-order valence-electron chi connectivity index (χ0n) is 9.51. The number of nitrogens with one attached hydrogen (secondary N) is 1. The lowest BCUT2D eigenvalue weighted by Crippen LogP contribution is -2.21. The quantitative estimate of drug-likeness (QED) is 0.835. The van der Waals surface area contributed by atoms with Crippen LogP contribution in [0.5, 0.6) is 0 Å². The number of nitrogens with zero attached hydrogens (tertiary/aromatic N) is 1. The number of thiazole rings is 1. The highest BCUT2D eigenvalue weighted by Gasteiger charge is 2.04. The van der Waals surface area contributed by atoms with Crippen molar-refractivity contribution in [3.63, 3.8) is 0 Å². The largest absolute Gasteiger partial charge is 0.309 e. The Morgan fingerprint density at radius 3 is 2.82 bits per heavy atom. The van der Waals surface area contributed by atoms with Crippen LogP contribution < -0.4 is 5.32 Å². The highest BCUT2D eigenvalue weighted by molar-refractivity contribution is 7.90. The molecule has 0 aliphatic heterocycles. The van der Waals surface area contributed by atoms with E-state index >= 15 is 0 Å². The summed E-state index contributed by atoms with van der Waals surface area (Å²) in [6, 6.07) is 7.96. The minimum Gasteiger partial charge on any atom is -0.309 e. The van der Waals surface area contributed by atoms with E-state index in [4.69, 9.17) is 0 Å². The topological polar surface area (TPSA) is 59.1 Å². The molecule has 0 saturated heterocycles. The van der Waals surface area contributed by atoms with Crippen LogP contribution in [0.1, 0.15) is 5.01 Å². The number of aromatic nitrogens is 1. The van der Waals surface area contributed by atoms with Gasteiger partial charge in [0.05, 0.1) is 16.0 Å². The van der Waals surface area contributed by atoms with Gasteiger partial charge in [-0.3, -0.25) is 0 Å². The molecule has 0 atom stereocenters. The van der Waals surface area contributed by atoms with E-state index < -0.39 is 9.84 Å². The lowest BCUT2D eigenvalue weighted by atomic mass is 10.3. The molecule has 0 saturated carbocycles. The molecule has 1 aromatic heterocycles. The number of hydrogen-bond donors (Lipinski definition) is 1. The van der Waals surface area contributed by atoms with Crippen molar-refractivity contribution in [1.29, 1.82) is 0 Å². The van der Waals surface area contributed by atoms with Crippen LogP contribution in [0.15, 0.2) is 24.3 Å².